The molecule has 5 nitrogen and oxygen atoms in total. The number of benzene rings is 1. The van der Waals surface area contributed by atoms with Crippen molar-refractivity contribution in [3.8, 4) is 0 Å². The summed E-state index contributed by atoms with van der Waals surface area (Å²) < 4.78 is 4.88. The number of rotatable bonds is 4. The Balaban J connectivity index is 1.87. The highest BCUT2D eigenvalue weighted by Gasteiger charge is 2.02. The molecule has 3 N–H and O–H groups in total. The molecule has 2 rings (SSSR count). The normalized spacial score (nSPS) is 10.3. The van der Waals surface area contributed by atoms with Gasteiger partial charge in [0, 0.05) is 19.9 Å². The minimum absolute atomic E-state index is 0.592. The molecule has 0 bridgehead atoms. The number of hydrogen-bond donors (Lipinski definition) is 2. The lowest BCUT2D eigenvalue weighted by Crippen LogP contribution is -2.07. The van der Waals surface area contributed by atoms with Crippen LogP contribution in [0.3, 0.4) is 0 Å². The third-order valence-electron chi connectivity index (χ3n) is 2.19. The number of nitrogens with two attached hydrogens (primary N) is 1. The Morgan fingerprint density at radius 1 is 1.38 bits per heavy atom. The van der Waals surface area contributed by atoms with E-state index in [0.717, 1.165) is 17.9 Å². The van der Waals surface area contributed by atoms with Crippen molar-refractivity contribution in [1.29, 1.82) is 0 Å². The quantitative estimate of drug-likeness (QED) is 0.762. The number of anilines is 2. The third kappa shape index (κ3) is 2.50. The van der Waals surface area contributed by atoms with E-state index < -0.39 is 0 Å². The maximum Gasteiger partial charge on any atom is 0.223 e. The lowest BCUT2D eigenvalue weighted by atomic mass is 10.2. The molecule has 0 spiro atoms. The van der Waals surface area contributed by atoms with Gasteiger partial charge in [0.05, 0.1) is 11.4 Å². The van der Waals surface area contributed by atoms with Crippen molar-refractivity contribution >= 4 is 11.4 Å². The van der Waals surface area contributed by atoms with Gasteiger partial charge in [-0.15, -0.1) is 0 Å². The molecule has 1 heterocycles. The van der Waals surface area contributed by atoms with Crippen LogP contribution in [-0.2, 0) is 6.42 Å². The predicted octanol–water partition coefficient (Wildman–Crippen LogP) is 1.61. The Morgan fingerprint density at radius 3 is 2.88 bits per heavy atom. The minimum Gasteiger partial charge on any atom is -0.397 e. The standard InChI is InChI=1S/C11H14N4O/c1-8-14-11(15-16-8)6-7-13-10-5-3-2-4-9(10)12/h2-5,13H,6-7,12H2,1H3. The monoisotopic (exact) mass is 218 g/mol. The molecular weight excluding hydrogens is 204 g/mol. The van der Waals surface area contributed by atoms with Gasteiger partial charge in [0.2, 0.25) is 5.89 Å². The van der Waals surface area contributed by atoms with Crippen molar-refractivity contribution in [2.45, 2.75) is 13.3 Å². The molecule has 0 saturated heterocycles. The number of para-hydroxylation sites is 2. The molecule has 2 aromatic rings. The smallest absolute Gasteiger partial charge is 0.223 e. The van der Waals surface area contributed by atoms with E-state index in [0.29, 0.717) is 18.1 Å². The van der Waals surface area contributed by atoms with Crippen molar-refractivity contribution in [1.82, 2.24) is 10.1 Å². The summed E-state index contributed by atoms with van der Waals surface area (Å²) >= 11 is 0. The van der Waals surface area contributed by atoms with Crippen LogP contribution in [0.25, 0.3) is 0 Å². The molecule has 0 fully saturated rings. The van der Waals surface area contributed by atoms with Crippen molar-refractivity contribution in [3.05, 3.63) is 36.0 Å². The first-order valence-corrected chi connectivity index (χ1v) is 5.13. The molecule has 16 heavy (non-hydrogen) atoms. The zero-order chi connectivity index (χ0) is 11.4. The maximum atomic E-state index is 5.79. The first-order valence-electron chi connectivity index (χ1n) is 5.13. The van der Waals surface area contributed by atoms with Gasteiger partial charge in [-0.1, -0.05) is 17.3 Å². The number of aryl methyl sites for hydroxylation is 1. The highest BCUT2D eigenvalue weighted by atomic mass is 16.5. The summed E-state index contributed by atoms with van der Waals surface area (Å²) in [5.41, 5.74) is 7.47. The van der Waals surface area contributed by atoms with Gasteiger partial charge >= 0.3 is 0 Å². The Kier molecular flexibility index (Phi) is 3.05. The van der Waals surface area contributed by atoms with E-state index >= 15 is 0 Å². The van der Waals surface area contributed by atoms with Crippen LogP contribution >= 0.6 is 0 Å². The Hall–Kier alpha value is -2.04. The van der Waals surface area contributed by atoms with E-state index in [1.165, 1.54) is 0 Å². The number of nitrogens with one attached hydrogen (secondary N) is 1. The van der Waals surface area contributed by atoms with E-state index in [1.54, 1.807) is 6.92 Å². The fraction of sp³-hybridized carbons (Fsp3) is 0.273. The average Bonchev–Trinajstić information content (AvgIpc) is 2.67. The van der Waals surface area contributed by atoms with Gasteiger partial charge in [0.25, 0.3) is 0 Å². The van der Waals surface area contributed by atoms with Crippen LogP contribution in [0.15, 0.2) is 28.8 Å². The highest BCUT2D eigenvalue weighted by molar-refractivity contribution is 5.65. The first kappa shape index (κ1) is 10.5. The molecule has 84 valence electrons. The maximum absolute atomic E-state index is 5.79. The minimum atomic E-state index is 0.592. The zero-order valence-electron chi connectivity index (χ0n) is 9.10. The van der Waals surface area contributed by atoms with Crippen LogP contribution in [0, 0.1) is 6.92 Å². The Labute approximate surface area is 93.7 Å². The van der Waals surface area contributed by atoms with E-state index in [-0.39, 0.29) is 0 Å². The van der Waals surface area contributed by atoms with Crippen LogP contribution in [0.5, 0.6) is 0 Å². The number of aromatic nitrogens is 2. The van der Waals surface area contributed by atoms with Gasteiger partial charge in [0.1, 0.15) is 0 Å². The molecule has 0 aliphatic carbocycles. The molecule has 0 amide bonds. The summed E-state index contributed by atoms with van der Waals surface area (Å²) in [7, 11) is 0. The summed E-state index contributed by atoms with van der Waals surface area (Å²) in [6.07, 6.45) is 0.714. The molecule has 0 aliphatic heterocycles. The van der Waals surface area contributed by atoms with Gasteiger partial charge in [-0.25, -0.2) is 0 Å². The fourth-order valence-electron chi connectivity index (χ4n) is 1.41. The van der Waals surface area contributed by atoms with Gasteiger partial charge < -0.3 is 15.6 Å². The third-order valence-corrected chi connectivity index (χ3v) is 2.19. The summed E-state index contributed by atoms with van der Waals surface area (Å²) in [6, 6.07) is 7.65. The lowest BCUT2D eigenvalue weighted by Gasteiger charge is -2.06. The largest absolute Gasteiger partial charge is 0.397 e. The zero-order valence-corrected chi connectivity index (χ0v) is 9.10. The molecular formula is C11H14N4O. The fourth-order valence-corrected chi connectivity index (χ4v) is 1.41. The molecule has 0 saturated carbocycles. The van der Waals surface area contributed by atoms with Gasteiger partial charge in [-0.3, -0.25) is 0 Å². The number of nitrogens with zero attached hydrogens (tertiary/aromatic N) is 2. The molecule has 0 unspecified atom stereocenters. The van der Waals surface area contributed by atoms with Crippen LogP contribution in [0.2, 0.25) is 0 Å². The lowest BCUT2D eigenvalue weighted by molar-refractivity contribution is 0.387. The van der Waals surface area contributed by atoms with Crippen molar-refractivity contribution in [2.75, 3.05) is 17.6 Å². The van der Waals surface area contributed by atoms with Crippen molar-refractivity contribution < 1.29 is 4.52 Å². The van der Waals surface area contributed by atoms with Crippen LogP contribution < -0.4 is 11.1 Å². The first-order chi connectivity index (χ1) is 7.75. The van der Waals surface area contributed by atoms with Crippen LogP contribution in [0.4, 0.5) is 11.4 Å². The summed E-state index contributed by atoms with van der Waals surface area (Å²) in [5.74, 6) is 1.30. The second kappa shape index (κ2) is 4.65. The second-order valence-electron chi connectivity index (χ2n) is 3.49. The molecule has 0 aliphatic rings. The Morgan fingerprint density at radius 2 is 2.19 bits per heavy atom. The molecule has 5 heteroatoms. The van der Waals surface area contributed by atoms with E-state index in [9.17, 15) is 0 Å². The topological polar surface area (TPSA) is 77.0 Å². The molecule has 0 radical (unpaired) electrons. The van der Waals surface area contributed by atoms with E-state index in [2.05, 4.69) is 15.5 Å². The van der Waals surface area contributed by atoms with Crippen molar-refractivity contribution in [3.63, 3.8) is 0 Å². The summed E-state index contributed by atoms with van der Waals surface area (Å²) in [6.45, 7) is 2.51. The Bertz CT molecular complexity index is 467. The average molecular weight is 218 g/mol. The predicted molar refractivity (Wildman–Crippen MR) is 62.1 cm³/mol. The van der Waals surface area contributed by atoms with E-state index in [1.807, 2.05) is 24.3 Å². The van der Waals surface area contributed by atoms with Gasteiger partial charge in [0.15, 0.2) is 5.82 Å². The van der Waals surface area contributed by atoms with Gasteiger partial charge in [-0.2, -0.15) is 4.98 Å². The number of nitrogen functional groups attached to an aromatic ring is 1. The molecule has 1 aromatic heterocycles. The highest BCUT2D eigenvalue weighted by Crippen LogP contribution is 2.16. The van der Waals surface area contributed by atoms with Gasteiger partial charge in [-0.05, 0) is 12.1 Å². The van der Waals surface area contributed by atoms with Crippen LogP contribution in [0.1, 0.15) is 11.7 Å². The van der Waals surface area contributed by atoms with Crippen LogP contribution in [-0.4, -0.2) is 16.7 Å². The SMILES string of the molecule is Cc1nc(CCNc2ccccc2N)no1. The second-order valence-corrected chi connectivity index (χ2v) is 3.49. The molecule has 0 atom stereocenters. The molecule has 1 aromatic carbocycles. The number of hydrogen-bond acceptors (Lipinski definition) is 5. The van der Waals surface area contributed by atoms with E-state index in [4.69, 9.17) is 10.3 Å². The van der Waals surface area contributed by atoms with Crippen molar-refractivity contribution in [2.24, 2.45) is 0 Å². The summed E-state index contributed by atoms with van der Waals surface area (Å²) in [5, 5.41) is 7.04. The summed E-state index contributed by atoms with van der Waals surface area (Å²) in [4.78, 5) is 4.12.